The van der Waals surface area contributed by atoms with Gasteiger partial charge in [0.25, 0.3) is 5.91 Å². The Balaban J connectivity index is 1.91. The second kappa shape index (κ2) is 8.02. The topological polar surface area (TPSA) is 114 Å². The van der Waals surface area contributed by atoms with E-state index in [9.17, 15) is 14.4 Å². The summed E-state index contributed by atoms with van der Waals surface area (Å²) in [5.74, 6) is -1.31. The van der Waals surface area contributed by atoms with E-state index < -0.39 is 11.8 Å². The summed E-state index contributed by atoms with van der Waals surface area (Å²) < 4.78 is 0. The van der Waals surface area contributed by atoms with E-state index in [1.165, 1.54) is 17.4 Å². The number of carbonyl (C=O) groups excluding carboxylic acids is 3. The molecule has 0 saturated heterocycles. The molecule has 0 fully saturated rings. The largest absolute Gasteiger partial charge is 0.368 e. The van der Waals surface area contributed by atoms with Crippen LogP contribution in [0.5, 0.6) is 0 Å². The van der Waals surface area contributed by atoms with Crippen LogP contribution in [0.3, 0.4) is 0 Å². The van der Waals surface area contributed by atoms with E-state index in [1.54, 1.807) is 36.5 Å². The summed E-state index contributed by atoms with van der Waals surface area (Å²) in [6, 6.07) is 6.29. The van der Waals surface area contributed by atoms with Crippen molar-refractivity contribution in [2.75, 3.05) is 11.9 Å². The highest BCUT2D eigenvalue weighted by molar-refractivity contribution is 7.12. The lowest BCUT2D eigenvalue weighted by Crippen LogP contribution is -2.33. The minimum atomic E-state index is -0.616. The third kappa shape index (κ3) is 5.33. The fraction of sp³-hybridized carbons (Fsp3) is 0.125. The van der Waals surface area contributed by atoms with Crippen molar-refractivity contribution in [3.63, 3.8) is 0 Å². The number of amides is 3. The van der Waals surface area contributed by atoms with Gasteiger partial charge in [-0.1, -0.05) is 0 Å². The number of nitrogens with two attached hydrogens (primary N) is 1. The average Bonchev–Trinajstić information content (AvgIpc) is 2.97. The second-order valence-electron chi connectivity index (χ2n) is 4.83. The summed E-state index contributed by atoms with van der Waals surface area (Å²) in [6.07, 6.45) is 4.80. The zero-order valence-electron chi connectivity index (χ0n) is 12.9. The van der Waals surface area contributed by atoms with Gasteiger partial charge < -0.3 is 16.4 Å². The van der Waals surface area contributed by atoms with Crippen LogP contribution in [0.25, 0.3) is 6.08 Å². The molecule has 2 rings (SSSR count). The maximum Gasteiger partial charge on any atom is 0.251 e. The first kappa shape index (κ1) is 17.4. The molecule has 1 aromatic heterocycles. The summed E-state index contributed by atoms with van der Waals surface area (Å²) in [6.45, 7) is 1.67. The van der Waals surface area contributed by atoms with Crippen molar-refractivity contribution in [1.82, 2.24) is 10.3 Å². The van der Waals surface area contributed by atoms with E-state index in [-0.39, 0.29) is 12.5 Å². The van der Waals surface area contributed by atoms with Gasteiger partial charge in [0, 0.05) is 28.4 Å². The Labute approximate surface area is 142 Å². The first-order chi connectivity index (χ1) is 11.4. The second-order valence-corrected chi connectivity index (χ2v) is 6.10. The van der Waals surface area contributed by atoms with Gasteiger partial charge in [-0.15, -0.1) is 11.3 Å². The number of thiazole rings is 1. The van der Waals surface area contributed by atoms with Crippen LogP contribution in [-0.2, 0) is 9.59 Å². The SMILES string of the molecule is Cc1ncc(C=CC(=O)Nc2ccc(C(=O)NCC(N)=O)cc2)s1. The van der Waals surface area contributed by atoms with Crippen molar-refractivity contribution >= 4 is 40.8 Å². The highest BCUT2D eigenvalue weighted by atomic mass is 32.1. The molecule has 4 N–H and O–H groups in total. The minimum Gasteiger partial charge on any atom is -0.368 e. The molecule has 24 heavy (non-hydrogen) atoms. The Morgan fingerprint density at radius 3 is 2.54 bits per heavy atom. The maximum atomic E-state index is 11.8. The summed E-state index contributed by atoms with van der Waals surface area (Å²) in [5.41, 5.74) is 5.88. The molecule has 0 bridgehead atoms. The molecule has 7 nitrogen and oxygen atoms in total. The highest BCUT2D eigenvalue weighted by Gasteiger charge is 2.06. The van der Waals surface area contributed by atoms with Crippen LogP contribution >= 0.6 is 11.3 Å². The summed E-state index contributed by atoms with van der Waals surface area (Å²) >= 11 is 1.49. The van der Waals surface area contributed by atoms with Gasteiger partial charge in [0.15, 0.2) is 0 Å². The third-order valence-electron chi connectivity index (χ3n) is 2.88. The molecule has 0 saturated carbocycles. The summed E-state index contributed by atoms with van der Waals surface area (Å²) in [5, 5.41) is 6.00. The number of hydrogen-bond acceptors (Lipinski definition) is 5. The zero-order valence-corrected chi connectivity index (χ0v) is 13.7. The van der Waals surface area contributed by atoms with Crippen LogP contribution in [-0.4, -0.2) is 29.3 Å². The Morgan fingerprint density at radius 1 is 1.25 bits per heavy atom. The van der Waals surface area contributed by atoms with Crippen LogP contribution in [0.1, 0.15) is 20.2 Å². The van der Waals surface area contributed by atoms with Gasteiger partial charge in [0.1, 0.15) is 0 Å². The molecule has 0 aliphatic heterocycles. The number of aryl methyl sites for hydroxylation is 1. The van der Waals surface area contributed by atoms with Gasteiger partial charge in [0.2, 0.25) is 11.8 Å². The Morgan fingerprint density at radius 2 is 1.96 bits per heavy atom. The monoisotopic (exact) mass is 344 g/mol. The number of nitrogens with zero attached hydrogens (tertiary/aromatic N) is 1. The van der Waals surface area contributed by atoms with Gasteiger partial charge in [-0.3, -0.25) is 14.4 Å². The van der Waals surface area contributed by atoms with E-state index in [4.69, 9.17) is 5.73 Å². The van der Waals surface area contributed by atoms with Gasteiger partial charge in [0.05, 0.1) is 11.6 Å². The van der Waals surface area contributed by atoms with E-state index in [0.29, 0.717) is 11.3 Å². The lowest BCUT2D eigenvalue weighted by molar-refractivity contribution is -0.117. The average molecular weight is 344 g/mol. The van der Waals surface area contributed by atoms with Crippen LogP contribution in [0, 0.1) is 6.92 Å². The first-order valence-electron chi connectivity index (χ1n) is 7.02. The molecule has 1 aromatic carbocycles. The molecule has 0 radical (unpaired) electrons. The van der Waals surface area contributed by atoms with Crippen molar-refractivity contribution < 1.29 is 14.4 Å². The molecule has 1 heterocycles. The van der Waals surface area contributed by atoms with Crippen molar-refractivity contribution in [1.29, 1.82) is 0 Å². The fourth-order valence-corrected chi connectivity index (χ4v) is 2.46. The number of nitrogens with one attached hydrogen (secondary N) is 2. The number of anilines is 1. The fourth-order valence-electron chi connectivity index (χ4n) is 1.77. The smallest absolute Gasteiger partial charge is 0.251 e. The molecular weight excluding hydrogens is 328 g/mol. The molecule has 0 aliphatic rings. The summed E-state index contributed by atoms with van der Waals surface area (Å²) in [4.78, 5) is 39.2. The maximum absolute atomic E-state index is 11.8. The number of carbonyl (C=O) groups is 3. The number of aromatic nitrogens is 1. The molecule has 0 atom stereocenters. The quantitative estimate of drug-likeness (QED) is 0.686. The molecule has 0 spiro atoms. The molecular formula is C16H16N4O3S. The zero-order chi connectivity index (χ0) is 17.5. The predicted octanol–water partition coefficient (Wildman–Crippen LogP) is 1.32. The van der Waals surface area contributed by atoms with Crippen molar-refractivity contribution in [2.45, 2.75) is 6.92 Å². The van der Waals surface area contributed by atoms with Crippen LogP contribution in [0.2, 0.25) is 0 Å². The van der Waals surface area contributed by atoms with Gasteiger partial charge in [-0.05, 0) is 37.3 Å². The highest BCUT2D eigenvalue weighted by Crippen LogP contribution is 2.14. The van der Waals surface area contributed by atoms with E-state index in [2.05, 4.69) is 15.6 Å². The van der Waals surface area contributed by atoms with Crippen LogP contribution < -0.4 is 16.4 Å². The van der Waals surface area contributed by atoms with Gasteiger partial charge in [-0.25, -0.2) is 4.98 Å². The van der Waals surface area contributed by atoms with Gasteiger partial charge in [-0.2, -0.15) is 0 Å². The van der Waals surface area contributed by atoms with Crippen molar-refractivity contribution in [3.05, 3.63) is 52.0 Å². The lowest BCUT2D eigenvalue weighted by atomic mass is 10.2. The Kier molecular flexibility index (Phi) is 5.80. The number of rotatable bonds is 6. The number of benzene rings is 1. The van der Waals surface area contributed by atoms with Crippen LogP contribution in [0.15, 0.2) is 36.5 Å². The molecule has 0 aliphatic carbocycles. The lowest BCUT2D eigenvalue weighted by Gasteiger charge is -2.05. The standard InChI is InChI=1S/C16H16N4O3S/c1-10-18-8-13(24-10)6-7-15(22)20-12-4-2-11(3-5-12)16(23)19-9-14(17)21/h2-8H,9H2,1H3,(H2,17,21)(H,19,23)(H,20,22). The van der Waals surface area contributed by atoms with Gasteiger partial charge >= 0.3 is 0 Å². The van der Waals surface area contributed by atoms with E-state index in [0.717, 1.165) is 9.88 Å². The Hall–Kier alpha value is -3.00. The molecule has 8 heteroatoms. The van der Waals surface area contributed by atoms with Crippen molar-refractivity contribution in [2.24, 2.45) is 5.73 Å². The predicted molar refractivity (Wildman–Crippen MR) is 92.5 cm³/mol. The first-order valence-corrected chi connectivity index (χ1v) is 7.84. The molecule has 3 amide bonds. The van der Waals surface area contributed by atoms with E-state index in [1.807, 2.05) is 6.92 Å². The number of hydrogen-bond donors (Lipinski definition) is 3. The number of primary amides is 1. The Bertz CT molecular complexity index is 781. The van der Waals surface area contributed by atoms with E-state index >= 15 is 0 Å². The normalized spacial score (nSPS) is 10.5. The van der Waals surface area contributed by atoms with Crippen LogP contribution in [0.4, 0.5) is 5.69 Å². The third-order valence-corrected chi connectivity index (χ3v) is 3.75. The summed E-state index contributed by atoms with van der Waals surface area (Å²) in [7, 11) is 0. The molecule has 124 valence electrons. The molecule has 2 aromatic rings. The molecule has 0 unspecified atom stereocenters. The van der Waals surface area contributed by atoms with Crippen molar-refractivity contribution in [3.8, 4) is 0 Å². The minimum absolute atomic E-state index is 0.223.